The Labute approximate surface area is 117 Å². The topological polar surface area (TPSA) is 50.4 Å². The predicted octanol–water partition coefficient (Wildman–Crippen LogP) is 1.87. The van der Waals surface area contributed by atoms with Crippen molar-refractivity contribution in [1.82, 2.24) is 10.6 Å². The van der Waals surface area contributed by atoms with E-state index in [-0.39, 0.29) is 11.5 Å². The molecule has 6 heteroatoms. The van der Waals surface area contributed by atoms with Crippen LogP contribution in [0.15, 0.2) is 24.3 Å². The number of hydrogen-bond donors (Lipinski definition) is 2. The van der Waals surface area contributed by atoms with Crippen molar-refractivity contribution in [3.8, 4) is 0 Å². The van der Waals surface area contributed by atoms with E-state index in [2.05, 4.69) is 10.6 Å². The molecule has 0 atom stereocenters. The van der Waals surface area contributed by atoms with Crippen molar-refractivity contribution in [2.75, 3.05) is 26.8 Å². The molecule has 0 radical (unpaired) electrons. The summed E-state index contributed by atoms with van der Waals surface area (Å²) in [4.78, 5) is 11.4. The second kappa shape index (κ2) is 9.39. The van der Waals surface area contributed by atoms with Crippen molar-refractivity contribution in [1.29, 1.82) is 0 Å². The molecule has 0 aliphatic heterocycles. The maximum absolute atomic E-state index is 12.5. The molecule has 0 aromatic heterocycles. The third-order valence-corrected chi connectivity index (χ3v) is 2.69. The fourth-order valence-corrected chi connectivity index (χ4v) is 1.65. The lowest BCUT2D eigenvalue weighted by Crippen LogP contribution is -2.29. The van der Waals surface area contributed by atoms with Gasteiger partial charge in [0.05, 0.1) is 6.61 Å². The summed E-state index contributed by atoms with van der Waals surface area (Å²) in [7, 11) is 1.57. The Hall–Kier alpha value is -1.53. The molecule has 0 fully saturated rings. The molecular weight excluding hydrogens is 266 g/mol. The number of benzene rings is 1. The summed E-state index contributed by atoms with van der Waals surface area (Å²) in [6, 6.07) is 6.25. The van der Waals surface area contributed by atoms with Gasteiger partial charge in [-0.15, -0.1) is 0 Å². The van der Waals surface area contributed by atoms with Crippen LogP contribution < -0.4 is 10.6 Å². The van der Waals surface area contributed by atoms with Crippen LogP contribution >= 0.6 is 0 Å². The van der Waals surface area contributed by atoms with Crippen LogP contribution in [0, 0.1) is 0 Å². The second-order valence-electron chi connectivity index (χ2n) is 4.32. The largest absolute Gasteiger partial charge is 0.383 e. The molecule has 0 spiro atoms. The number of rotatable bonds is 9. The van der Waals surface area contributed by atoms with Gasteiger partial charge in [0.2, 0.25) is 5.91 Å². The van der Waals surface area contributed by atoms with Crippen LogP contribution in [-0.4, -0.2) is 32.7 Å². The highest BCUT2D eigenvalue weighted by atomic mass is 19.3. The molecule has 0 heterocycles. The minimum Gasteiger partial charge on any atom is -0.383 e. The molecular formula is C14H20F2N2O2. The van der Waals surface area contributed by atoms with Crippen molar-refractivity contribution in [3.63, 3.8) is 0 Å². The Morgan fingerprint density at radius 3 is 2.85 bits per heavy atom. The van der Waals surface area contributed by atoms with Crippen LogP contribution in [0.3, 0.4) is 0 Å². The van der Waals surface area contributed by atoms with Gasteiger partial charge in [-0.3, -0.25) is 4.79 Å². The van der Waals surface area contributed by atoms with E-state index in [0.29, 0.717) is 32.7 Å². The second-order valence-corrected chi connectivity index (χ2v) is 4.32. The molecule has 2 N–H and O–H groups in total. The first-order valence-corrected chi connectivity index (χ1v) is 6.47. The van der Waals surface area contributed by atoms with Gasteiger partial charge >= 0.3 is 0 Å². The van der Waals surface area contributed by atoms with Gasteiger partial charge in [-0.05, 0) is 11.6 Å². The minimum atomic E-state index is -2.46. The highest BCUT2D eigenvalue weighted by molar-refractivity contribution is 5.76. The Bertz CT molecular complexity index is 414. The van der Waals surface area contributed by atoms with Gasteiger partial charge in [0.1, 0.15) is 0 Å². The third kappa shape index (κ3) is 6.58. The normalized spacial score (nSPS) is 10.8. The molecule has 20 heavy (non-hydrogen) atoms. The molecule has 0 saturated heterocycles. The van der Waals surface area contributed by atoms with Crippen LogP contribution in [0.4, 0.5) is 8.78 Å². The van der Waals surface area contributed by atoms with E-state index >= 15 is 0 Å². The van der Waals surface area contributed by atoms with Crippen LogP contribution in [0.2, 0.25) is 0 Å². The fraction of sp³-hybridized carbons (Fsp3) is 0.500. The molecule has 0 unspecified atom stereocenters. The zero-order chi connectivity index (χ0) is 14.8. The predicted molar refractivity (Wildman–Crippen MR) is 72.6 cm³/mol. The number of nitrogens with one attached hydrogen (secondary N) is 2. The standard InChI is InChI=1S/C14H20F2N2O2/c1-20-8-7-18-13(19)5-6-17-10-11-3-2-4-12(9-11)14(15)16/h2-4,9,14,17H,5-8,10H2,1H3,(H,18,19). The van der Waals surface area contributed by atoms with Crippen LogP contribution in [-0.2, 0) is 16.1 Å². The molecule has 0 saturated carbocycles. The number of halogens is 2. The van der Waals surface area contributed by atoms with Gasteiger partial charge in [0.15, 0.2) is 0 Å². The molecule has 1 amide bonds. The van der Waals surface area contributed by atoms with Crippen molar-refractivity contribution >= 4 is 5.91 Å². The molecule has 0 bridgehead atoms. The van der Waals surface area contributed by atoms with E-state index in [1.807, 2.05) is 0 Å². The van der Waals surface area contributed by atoms with Gasteiger partial charge in [-0.2, -0.15) is 0 Å². The molecule has 0 aliphatic rings. The maximum atomic E-state index is 12.5. The monoisotopic (exact) mass is 286 g/mol. The summed E-state index contributed by atoms with van der Waals surface area (Å²) in [5.41, 5.74) is 0.796. The number of carbonyl (C=O) groups excluding carboxylic acids is 1. The van der Waals surface area contributed by atoms with E-state index in [0.717, 1.165) is 5.56 Å². The van der Waals surface area contributed by atoms with Crippen molar-refractivity contribution in [2.24, 2.45) is 0 Å². The average molecular weight is 286 g/mol. The summed E-state index contributed by atoms with van der Waals surface area (Å²) < 4.78 is 29.8. The maximum Gasteiger partial charge on any atom is 0.263 e. The number of ether oxygens (including phenoxy) is 1. The Morgan fingerprint density at radius 2 is 2.15 bits per heavy atom. The summed E-state index contributed by atoms with van der Waals surface area (Å²) >= 11 is 0. The van der Waals surface area contributed by atoms with E-state index in [4.69, 9.17) is 4.74 Å². The average Bonchev–Trinajstić information content (AvgIpc) is 2.44. The van der Waals surface area contributed by atoms with Gasteiger partial charge in [-0.25, -0.2) is 8.78 Å². The molecule has 0 aliphatic carbocycles. The van der Waals surface area contributed by atoms with Gasteiger partial charge < -0.3 is 15.4 Å². The first-order valence-electron chi connectivity index (χ1n) is 6.47. The van der Waals surface area contributed by atoms with E-state index in [9.17, 15) is 13.6 Å². The Morgan fingerprint density at radius 1 is 1.35 bits per heavy atom. The van der Waals surface area contributed by atoms with Crippen molar-refractivity contribution < 1.29 is 18.3 Å². The summed E-state index contributed by atoms with van der Waals surface area (Å²) in [6.07, 6.45) is -2.11. The SMILES string of the molecule is COCCNC(=O)CCNCc1cccc(C(F)F)c1. The molecule has 1 rings (SSSR count). The van der Waals surface area contributed by atoms with Crippen LogP contribution in [0.5, 0.6) is 0 Å². The molecule has 1 aromatic carbocycles. The summed E-state index contributed by atoms with van der Waals surface area (Å²) in [5, 5.41) is 5.76. The Kier molecular flexibility index (Phi) is 7.75. The fourth-order valence-electron chi connectivity index (χ4n) is 1.65. The first-order chi connectivity index (χ1) is 9.63. The first kappa shape index (κ1) is 16.5. The molecule has 112 valence electrons. The minimum absolute atomic E-state index is 0.0154. The lowest BCUT2D eigenvalue weighted by molar-refractivity contribution is -0.121. The number of hydrogen-bond acceptors (Lipinski definition) is 3. The van der Waals surface area contributed by atoms with E-state index in [1.165, 1.54) is 12.1 Å². The quantitative estimate of drug-likeness (QED) is 0.681. The number of carbonyl (C=O) groups is 1. The van der Waals surface area contributed by atoms with E-state index in [1.54, 1.807) is 19.2 Å². The van der Waals surface area contributed by atoms with Gasteiger partial charge in [0.25, 0.3) is 6.43 Å². The lowest BCUT2D eigenvalue weighted by atomic mass is 10.1. The third-order valence-electron chi connectivity index (χ3n) is 2.69. The zero-order valence-corrected chi connectivity index (χ0v) is 11.5. The number of alkyl halides is 2. The number of amides is 1. The van der Waals surface area contributed by atoms with E-state index < -0.39 is 6.43 Å². The molecule has 4 nitrogen and oxygen atoms in total. The van der Waals surface area contributed by atoms with Crippen LogP contribution in [0.25, 0.3) is 0 Å². The highest BCUT2D eigenvalue weighted by Crippen LogP contribution is 2.19. The van der Waals surface area contributed by atoms with Gasteiger partial charge in [-0.1, -0.05) is 18.2 Å². The number of methoxy groups -OCH3 is 1. The highest BCUT2D eigenvalue weighted by Gasteiger charge is 2.06. The van der Waals surface area contributed by atoms with Gasteiger partial charge in [0, 0.05) is 38.7 Å². The Balaban J connectivity index is 2.21. The molecule has 1 aromatic rings. The van der Waals surface area contributed by atoms with Crippen LogP contribution in [0.1, 0.15) is 24.0 Å². The summed E-state index contributed by atoms with van der Waals surface area (Å²) in [5.74, 6) is -0.0594. The summed E-state index contributed by atoms with van der Waals surface area (Å²) in [6.45, 7) is 1.94. The van der Waals surface area contributed by atoms with Crippen molar-refractivity contribution in [3.05, 3.63) is 35.4 Å². The zero-order valence-electron chi connectivity index (χ0n) is 11.5. The lowest BCUT2D eigenvalue weighted by Gasteiger charge is -2.07. The smallest absolute Gasteiger partial charge is 0.263 e. The van der Waals surface area contributed by atoms with Crippen molar-refractivity contribution in [2.45, 2.75) is 19.4 Å².